The number of halogens is 1. The Morgan fingerprint density at radius 2 is 1.83 bits per heavy atom. The van der Waals surface area contributed by atoms with Gasteiger partial charge in [0.15, 0.2) is 0 Å². The minimum Gasteiger partial charge on any atom is -0.385 e. The fraction of sp³-hybridized carbons (Fsp3) is 0.611. The Morgan fingerprint density at radius 3 is 2.43 bits per heavy atom. The summed E-state index contributed by atoms with van der Waals surface area (Å²) in [5.74, 6) is 0.0287. The molecule has 1 aromatic rings. The molecule has 0 saturated heterocycles. The molecule has 2 rings (SSSR count). The zero-order valence-electron chi connectivity index (χ0n) is 14.0. The van der Waals surface area contributed by atoms with Gasteiger partial charge in [-0.25, -0.2) is 0 Å². The summed E-state index contributed by atoms with van der Waals surface area (Å²) in [7, 11) is 3.43. The van der Waals surface area contributed by atoms with E-state index in [0.717, 1.165) is 61.8 Å². The molecule has 23 heavy (non-hydrogen) atoms. The van der Waals surface area contributed by atoms with Gasteiger partial charge in [-0.3, -0.25) is 4.79 Å². The topological polar surface area (TPSA) is 47.6 Å². The van der Waals surface area contributed by atoms with Crippen LogP contribution in [0.1, 0.15) is 47.2 Å². The summed E-state index contributed by atoms with van der Waals surface area (Å²) in [6, 6.07) is 4.57. The lowest BCUT2D eigenvalue weighted by Crippen LogP contribution is -2.26. The molecule has 128 valence electrons. The molecular weight excluding hydrogens is 358 g/mol. The van der Waals surface area contributed by atoms with Crippen LogP contribution in [-0.2, 0) is 22.3 Å². The Balaban J connectivity index is 2.16. The van der Waals surface area contributed by atoms with Crippen molar-refractivity contribution in [3.8, 4) is 0 Å². The van der Waals surface area contributed by atoms with E-state index >= 15 is 0 Å². The van der Waals surface area contributed by atoms with Gasteiger partial charge >= 0.3 is 0 Å². The van der Waals surface area contributed by atoms with Crippen LogP contribution in [0.4, 0.5) is 0 Å². The van der Waals surface area contributed by atoms with Gasteiger partial charge in [0.25, 0.3) is 5.91 Å². The average Bonchev–Trinajstić information content (AvgIpc) is 3.34. The van der Waals surface area contributed by atoms with Crippen LogP contribution in [0.3, 0.4) is 0 Å². The van der Waals surface area contributed by atoms with Crippen LogP contribution in [0.5, 0.6) is 0 Å². The third-order valence-corrected chi connectivity index (χ3v) is 4.91. The number of benzene rings is 1. The summed E-state index contributed by atoms with van der Waals surface area (Å²) in [6.07, 6.45) is 5.91. The first-order valence-corrected chi connectivity index (χ1v) is 9.05. The summed E-state index contributed by atoms with van der Waals surface area (Å²) in [5, 5.41) is 3.08. The predicted molar refractivity (Wildman–Crippen MR) is 95.0 cm³/mol. The molecule has 1 N–H and O–H groups in total. The van der Waals surface area contributed by atoms with Crippen molar-refractivity contribution in [2.24, 2.45) is 0 Å². The molecule has 0 bridgehead atoms. The van der Waals surface area contributed by atoms with Crippen molar-refractivity contribution in [2.45, 2.75) is 44.6 Å². The fourth-order valence-electron chi connectivity index (χ4n) is 2.56. The van der Waals surface area contributed by atoms with Crippen LogP contribution in [0, 0.1) is 0 Å². The Labute approximate surface area is 147 Å². The quantitative estimate of drug-likeness (QED) is 0.628. The van der Waals surface area contributed by atoms with E-state index < -0.39 is 0 Å². The number of amides is 1. The number of ether oxygens (including phenoxy) is 2. The van der Waals surface area contributed by atoms with E-state index in [-0.39, 0.29) is 5.91 Å². The van der Waals surface area contributed by atoms with E-state index in [1.807, 2.05) is 6.07 Å². The lowest BCUT2D eigenvalue weighted by molar-refractivity contribution is 0.0950. The number of methoxy groups -OCH3 is 2. The maximum absolute atomic E-state index is 12.5. The van der Waals surface area contributed by atoms with E-state index in [9.17, 15) is 4.79 Å². The Bertz CT molecular complexity index is 529. The number of hydrogen-bond acceptors (Lipinski definition) is 3. The van der Waals surface area contributed by atoms with E-state index in [0.29, 0.717) is 6.04 Å². The van der Waals surface area contributed by atoms with Crippen molar-refractivity contribution in [1.82, 2.24) is 5.32 Å². The zero-order valence-corrected chi connectivity index (χ0v) is 15.6. The largest absolute Gasteiger partial charge is 0.385 e. The Kier molecular flexibility index (Phi) is 7.53. The molecule has 1 aliphatic carbocycles. The zero-order chi connectivity index (χ0) is 16.7. The second-order valence-corrected chi connectivity index (χ2v) is 6.85. The molecule has 0 heterocycles. The number of carbonyl (C=O) groups excluding carboxylic acids is 1. The molecule has 1 aromatic carbocycles. The summed E-state index contributed by atoms with van der Waals surface area (Å²) >= 11 is 3.63. The molecule has 0 atom stereocenters. The van der Waals surface area contributed by atoms with Gasteiger partial charge in [0.05, 0.1) is 5.56 Å². The minimum absolute atomic E-state index is 0.0287. The minimum atomic E-state index is 0.0287. The smallest absolute Gasteiger partial charge is 0.252 e. The maximum Gasteiger partial charge on any atom is 0.252 e. The molecule has 0 unspecified atom stereocenters. The molecule has 5 heteroatoms. The van der Waals surface area contributed by atoms with Crippen molar-refractivity contribution in [3.63, 3.8) is 0 Å². The summed E-state index contributed by atoms with van der Waals surface area (Å²) in [5.41, 5.74) is 3.12. The first-order valence-electron chi connectivity index (χ1n) is 8.25. The van der Waals surface area contributed by atoms with E-state index in [2.05, 4.69) is 27.3 Å². The predicted octanol–water partition coefficient (Wildman–Crippen LogP) is 3.50. The van der Waals surface area contributed by atoms with Crippen molar-refractivity contribution >= 4 is 21.8 Å². The summed E-state index contributed by atoms with van der Waals surface area (Å²) in [6.45, 7) is 1.46. The lowest BCUT2D eigenvalue weighted by Gasteiger charge is -2.14. The number of carbonyl (C=O) groups is 1. The van der Waals surface area contributed by atoms with Gasteiger partial charge in [-0.15, -0.1) is 0 Å². The fourth-order valence-corrected chi connectivity index (χ4v) is 3.17. The molecule has 4 nitrogen and oxygen atoms in total. The van der Waals surface area contributed by atoms with Crippen LogP contribution in [0.15, 0.2) is 16.6 Å². The number of hydrogen-bond donors (Lipinski definition) is 1. The van der Waals surface area contributed by atoms with Gasteiger partial charge in [-0.05, 0) is 71.6 Å². The molecule has 1 amide bonds. The molecule has 1 saturated carbocycles. The second-order valence-electron chi connectivity index (χ2n) is 6.06. The van der Waals surface area contributed by atoms with Gasteiger partial charge in [0.2, 0.25) is 0 Å². The SMILES string of the molecule is COCCCc1cc(CCCOC)c(Br)c(C(=O)NC2CC2)c1. The second kappa shape index (κ2) is 9.40. The molecule has 0 spiro atoms. The Morgan fingerprint density at radius 1 is 1.17 bits per heavy atom. The highest BCUT2D eigenvalue weighted by atomic mass is 79.9. The standard InChI is InChI=1S/C18H26BrNO3/c1-22-9-3-5-13-11-14(6-4-10-23-2)17(19)16(12-13)18(21)20-15-7-8-15/h11-12,15H,3-10H2,1-2H3,(H,20,21). The number of nitrogens with one attached hydrogen (secondary N) is 1. The highest BCUT2D eigenvalue weighted by Gasteiger charge is 2.25. The first kappa shape index (κ1) is 18.4. The average molecular weight is 384 g/mol. The first-order chi connectivity index (χ1) is 11.2. The van der Waals surface area contributed by atoms with Gasteiger partial charge in [-0.2, -0.15) is 0 Å². The van der Waals surface area contributed by atoms with Crippen LogP contribution >= 0.6 is 15.9 Å². The van der Waals surface area contributed by atoms with Crippen LogP contribution < -0.4 is 5.32 Å². The van der Waals surface area contributed by atoms with Gasteiger partial charge in [-0.1, -0.05) is 6.07 Å². The highest BCUT2D eigenvalue weighted by Crippen LogP contribution is 2.27. The monoisotopic (exact) mass is 383 g/mol. The van der Waals surface area contributed by atoms with Crippen LogP contribution in [-0.4, -0.2) is 39.4 Å². The molecule has 1 aliphatic rings. The van der Waals surface area contributed by atoms with Crippen molar-refractivity contribution < 1.29 is 14.3 Å². The highest BCUT2D eigenvalue weighted by molar-refractivity contribution is 9.10. The van der Waals surface area contributed by atoms with Crippen LogP contribution in [0.25, 0.3) is 0 Å². The summed E-state index contributed by atoms with van der Waals surface area (Å²) in [4.78, 5) is 12.5. The van der Waals surface area contributed by atoms with Gasteiger partial charge < -0.3 is 14.8 Å². The van der Waals surface area contributed by atoms with Crippen LogP contribution in [0.2, 0.25) is 0 Å². The third kappa shape index (κ3) is 5.90. The van der Waals surface area contributed by atoms with E-state index in [1.54, 1.807) is 14.2 Å². The lowest BCUT2D eigenvalue weighted by atomic mass is 9.99. The van der Waals surface area contributed by atoms with E-state index in [4.69, 9.17) is 9.47 Å². The molecular formula is C18H26BrNO3. The molecule has 0 aromatic heterocycles. The number of rotatable bonds is 10. The summed E-state index contributed by atoms with van der Waals surface area (Å²) < 4.78 is 11.2. The van der Waals surface area contributed by atoms with Crippen molar-refractivity contribution in [1.29, 1.82) is 0 Å². The van der Waals surface area contributed by atoms with Crippen molar-refractivity contribution in [2.75, 3.05) is 27.4 Å². The van der Waals surface area contributed by atoms with Gasteiger partial charge in [0.1, 0.15) is 0 Å². The van der Waals surface area contributed by atoms with Crippen molar-refractivity contribution in [3.05, 3.63) is 33.3 Å². The maximum atomic E-state index is 12.5. The molecule has 1 fully saturated rings. The molecule has 0 aliphatic heterocycles. The Hall–Kier alpha value is -0.910. The van der Waals surface area contributed by atoms with Gasteiger partial charge in [0, 0.05) is 37.9 Å². The normalized spacial score (nSPS) is 14.0. The third-order valence-electron chi connectivity index (χ3n) is 3.97. The number of aryl methyl sites for hydroxylation is 2. The molecule has 0 radical (unpaired) electrons. The van der Waals surface area contributed by atoms with E-state index in [1.165, 1.54) is 11.1 Å².